The van der Waals surface area contributed by atoms with Crippen LogP contribution in [0.2, 0.25) is 0 Å². The molecule has 0 aliphatic carbocycles. The number of hydrogen-bond acceptors (Lipinski definition) is 4. The zero-order valence-corrected chi connectivity index (χ0v) is 14.4. The molecule has 1 N–H and O–H groups in total. The average molecular weight is 354 g/mol. The number of hydrogen-bond donors (Lipinski definition) is 1. The zero-order valence-electron chi connectivity index (χ0n) is 13.5. The predicted octanol–water partition coefficient (Wildman–Crippen LogP) is 3.49. The molecule has 1 aromatic heterocycles. The van der Waals surface area contributed by atoms with Gasteiger partial charge in [-0.3, -0.25) is 9.69 Å². The third-order valence-electron chi connectivity index (χ3n) is 3.61. The van der Waals surface area contributed by atoms with Gasteiger partial charge in [0, 0.05) is 11.4 Å². The van der Waals surface area contributed by atoms with Gasteiger partial charge >= 0.3 is 6.61 Å². The number of thiophene rings is 1. The molecule has 1 aromatic carbocycles. The summed E-state index contributed by atoms with van der Waals surface area (Å²) in [5, 5.41) is 4.86. The van der Waals surface area contributed by atoms with Crippen LogP contribution in [-0.4, -0.2) is 30.5 Å². The van der Waals surface area contributed by atoms with Crippen molar-refractivity contribution in [1.29, 1.82) is 0 Å². The van der Waals surface area contributed by atoms with Crippen molar-refractivity contribution in [2.45, 2.75) is 32.7 Å². The van der Waals surface area contributed by atoms with Crippen molar-refractivity contribution in [3.63, 3.8) is 0 Å². The fourth-order valence-electron chi connectivity index (χ4n) is 2.18. The average Bonchev–Trinajstić information content (AvgIpc) is 3.05. The minimum Gasteiger partial charge on any atom is -0.435 e. The third kappa shape index (κ3) is 5.58. The van der Waals surface area contributed by atoms with Crippen molar-refractivity contribution in [3.8, 4) is 5.75 Å². The second-order valence-corrected chi connectivity index (χ2v) is 6.45. The summed E-state index contributed by atoms with van der Waals surface area (Å²) in [7, 11) is 1.82. The molecule has 0 bridgehead atoms. The van der Waals surface area contributed by atoms with Gasteiger partial charge in [-0.25, -0.2) is 0 Å². The van der Waals surface area contributed by atoms with Gasteiger partial charge < -0.3 is 10.1 Å². The molecular weight excluding hydrogens is 334 g/mol. The Morgan fingerprint density at radius 3 is 2.79 bits per heavy atom. The molecule has 24 heavy (non-hydrogen) atoms. The molecule has 2 rings (SSSR count). The molecule has 4 nitrogen and oxygen atoms in total. The first-order valence-electron chi connectivity index (χ1n) is 7.50. The van der Waals surface area contributed by atoms with E-state index in [1.807, 2.05) is 42.5 Å². The number of amides is 1. The number of alkyl halides is 2. The van der Waals surface area contributed by atoms with Gasteiger partial charge in [0.05, 0.1) is 12.6 Å². The molecule has 0 fully saturated rings. The van der Waals surface area contributed by atoms with E-state index < -0.39 is 6.61 Å². The van der Waals surface area contributed by atoms with E-state index in [0.29, 0.717) is 13.1 Å². The summed E-state index contributed by atoms with van der Waals surface area (Å²) in [4.78, 5) is 15.2. The molecule has 1 unspecified atom stereocenters. The summed E-state index contributed by atoms with van der Waals surface area (Å²) in [6, 6.07) is 10.1. The van der Waals surface area contributed by atoms with E-state index in [-0.39, 0.29) is 17.7 Å². The number of rotatable bonds is 8. The van der Waals surface area contributed by atoms with E-state index in [2.05, 4.69) is 10.1 Å². The van der Waals surface area contributed by atoms with Gasteiger partial charge in [-0.2, -0.15) is 8.78 Å². The van der Waals surface area contributed by atoms with Crippen LogP contribution in [0.5, 0.6) is 5.75 Å². The molecule has 1 amide bonds. The molecule has 1 heterocycles. The van der Waals surface area contributed by atoms with Crippen molar-refractivity contribution >= 4 is 17.2 Å². The zero-order chi connectivity index (χ0) is 17.5. The van der Waals surface area contributed by atoms with Gasteiger partial charge in [-0.15, -0.1) is 11.3 Å². The molecule has 130 valence electrons. The number of likely N-dealkylation sites (N-methyl/N-ethyl adjacent to an activating group) is 1. The highest BCUT2D eigenvalue weighted by atomic mass is 32.1. The normalized spacial score (nSPS) is 12.4. The van der Waals surface area contributed by atoms with E-state index in [1.165, 1.54) is 6.07 Å². The van der Waals surface area contributed by atoms with E-state index >= 15 is 0 Å². The molecule has 1 atom stereocenters. The van der Waals surface area contributed by atoms with Crippen LogP contribution in [0.1, 0.15) is 17.4 Å². The second-order valence-electron chi connectivity index (χ2n) is 5.41. The lowest BCUT2D eigenvalue weighted by Gasteiger charge is -2.24. The number of halogens is 2. The smallest absolute Gasteiger partial charge is 0.387 e. The fraction of sp³-hybridized carbons (Fsp3) is 0.353. The maximum absolute atomic E-state index is 12.3. The van der Waals surface area contributed by atoms with Gasteiger partial charge in [0.1, 0.15) is 5.75 Å². The van der Waals surface area contributed by atoms with Crippen molar-refractivity contribution in [3.05, 3.63) is 52.2 Å². The summed E-state index contributed by atoms with van der Waals surface area (Å²) in [6.45, 7) is -0.0797. The maximum atomic E-state index is 12.3. The first-order valence-corrected chi connectivity index (χ1v) is 8.37. The van der Waals surface area contributed by atoms with E-state index in [9.17, 15) is 13.6 Å². The molecule has 0 saturated heterocycles. The maximum Gasteiger partial charge on any atom is 0.387 e. The van der Waals surface area contributed by atoms with Crippen molar-refractivity contribution in [2.24, 2.45) is 0 Å². The first kappa shape index (κ1) is 18.4. The minimum absolute atomic E-state index is 0.0779. The highest BCUT2D eigenvalue weighted by molar-refractivity contribution is 7.09. The number of benzene rings is 1. The molecule has 2 aromatic rings. The van der Waals surface area contributed by atoms with E-state index in [0.717, 1.165) is 10.4 Å². The van der Waals surface area contributed by atoms with Crippen LogP contribution in [0.25, 0.3) is 0 Å². The van der Waals surface area contributed by atoms with E-state index in [1.54, 1.807) is 23.5 Å². The van der Waals surface area contributed by atoms with Gasteiger partial charge in [0.2, 0.25) is 5.91 Å². The molecule has 0 saturated carbocycles. The Hall–Kier alpha value is -1.99. The summed E-state index contributed by atoms with van der Waals surface area (Å²) in [5.74, 6) is 0.0385. The highest BCUT2D eigenvalue weighted by Gasteiger charge is 2.18. The number of ether oxygens (including phenoxy) is 1. The summed E-state index contributed by atoms with van der Waals surface area (Å²) in [5.41, 5.74) is 0.800. The molecule has 0 aliphatic rings. The molecule has 0 aliphatic heterocycles. The van der Waals surface area contributed by atoms with Crippen LogP contribution in [0.3, 0.4) is 0 Å². The van der Waals surface area contributed by atoms with Crippen LogP contribution < -0.4 is 10.1 Å². The number of nitrogens with zero attached hydrogens (tertiary/aromatic N) is 1. The minimum atomic E-state index is -2.85. The van der Waals surface area contributed by atoms with Crippen LogP contribution >= 0.6 is 11.3 Å². The van der Waals surface area contributed by atoms with Gasteiger partial charge in [-0.05, 0) is 43.1 Å². The lowest BCUT2D eigenvalue weighted by molar-refractivity contribution is -0.125. The SMILES string of the molecule is CC(C(=O)NCc1cccs1)N(C)Cc1cccc(OC(F)F)c1. The summed E-state index contributed by atoms with van der Waals surface area (Å²) < 4.78 is 28.9. The van der Waals surface area contributed by atoms with Gasteiger partial charge in [0.25, 0.3) is 0 Å². The Kier molecular flexibility index (Phi) is 6.69. The van der Waals surface area contributed by atoms with Crippen molar-refractivity contribution in [2.75, 3.05) is 7.05 Å². The Morgan fingerprint density at radius 1 is 1.33 bits per heavy atom. The van der Waals surface area contributed by atoms with Crippen LogP contribution in [0, 0.1) is 0 Å². The molecule has 0 spiro atoms. The van der Waals surface area contributed by atoms with Crippen molar-refractivity contribution in [1.82, 2.24) is 10.2 Å². The molecule has 0 radical (unpaired) electrons. The first-order chi connectivity index (χ1) is 11.5. The Morgan fingerprint density at radius 2 is 2.12 bits per heavy atom. The highest BCUT2D eigenvalue weighted by Crippen LogP contribution is 2.17. The predicted molar refractivity (Wildman–Crippen MR) is 90.2 cm³/mol. The Bertz CT molecular complexity index is 650. The van der Waals surface area contributed by atoms with Crippen LogP contribution in [0.4, 0.5) is 8.78 Å². The molecule has 7 heteroatoms. The Balaban J connectivity index is 1.88. The fourth-order valence-corrected chi connectivity index (χ4v) is 2.82. The van der Waals surface area contributed by atoms with E-state index in [4.69, 9.17) is 0 Å². The summed E-state index contributed by atoms with van der Waals surface area (Å²) in [6.07, 6.45) is 0. The summed E-state index contributed by atoms with van der Waals surface area (Å²) >= 11 is 1.59. The Labute approximate surface area is 144 Å². The van der Waals surface area contributed by atoms with Gasteiger partial charge in [0.15, 0.2) is 0 Å². The second kappa shape index (κ2) is 8.75. The number of carbonyl (C=O) groups is 1. The van der Waals surface area contributed by atoms with Crippen molar-refractivity contribution < 1.29 is 18.3 Å². The van der Waals surface area contributed by atoms with Crippen LogP contribution in [0.15, 0.2) is 41.8 Å². The standard InChI is InChI=1S/C17H20F2N2O2S/c1-12(16(22)20-10-15-7-4-8-24-15)21(2)11-13-5-3-6-14(9-13)23-17(18)19/h3-9,12,17H,10-11H2,1-2H3,(H,20,22). The number of carbonyl (C=O) groups excluding carboxylic acids is 1. The molecular formula is C17H20F2N2O2S. The van der Waals surface area contributed by atoms with Crippen LogP contribution in [-0.2, 0) is 17.9 Å². The monoisotopic (exact) mass is 354 g/mol. The lowest BCUT2D eigenvalue weighted by Crippen LogP contribution is -2.42. The lowest BCUT2D eigenvalue weighted by atomic mass is 10.1. The number of nitrogens with one attached hydrogen (secondary N) is 1. The third-order valence-corrected chi connectivity index (χ3v) is 4.49. The topological polar surface area (TPSA) is 41.6 Å². The largest absolute Gasteiger partial charge is 0.435 e. The quantitative estimate of drug-likeness (QED) is 0.789. The van der Waals surface area contributed by atoms with Gasteiger partial charge in [-0.1, -0.05) is 18.2 Å².